The van der Waals surface area contributed by atoms with Gasteiger partial charge in [0.1, 0.15) is 23.2 Å². The van der Waals surface area contributed by atoms with E-state index < -0.39 is 0 Å². The summed E-state index contributed by atoms with van der Waals surface area (Å²) in [6, 6.07) is 7.98. The Bertz CT molecular complexity index is 862. The van der Waals surface area contributed by atoms with Gasteiger partial charge in [-0.1, -0.05) is 22.9 Å². The third-order valence-electron chi connectivity index (χ3n) is 3.65. The minimum atomic E-state index is 0.624. The summed E-state index contributed by atoms with van der Waals surface area (Å²) < 4.78 is 5.06. The van der Waals surface area contributed by atoms with Crippen LogP contribution in [0.1, 0.15) is 28.3 Å². The van der Waals surface area contributed by atoms with Crippen molar-refractivity contribution in [2.75, 3.05) is 10.6 Å². The Hall–Kier alpha value is -2.89. The number of benzene rings is 1. The van der Waals surface area contributed by atoms with Crippen molar-refractivity contribution in [1.29, 1.82) is 0 Å². The van der Waals surface area contributed by atoms with Crippen molar-refractivity contribution in [3.8, 4) is 0 Å². The van der Waals surface area contributed by atoms with Crippen molar-refractivity contribution in [3.63, 3.8) is 0 Å². The molecule has 24 heavy (non-hydrogen) atoms. The Morgan fingerprint density at radius 2 is 1.38 bits per heavy atom. The highest BCUT2D eigenvalue weighted by Crippen LogP contribution is 2.26. The third-order valence-corrected chi connectivity index (χ3v) is 3.65. The lowest BCUT2D eigenvalue weighted by Crippen LogP contribution is -2.03. The van der Waals surface area contributed by atoms with Crippen LogP contribution in [0.25, 0.3) is 0 Å². The van der Waals surface area contributed by atoms with Crippen molar-refractivity contribution >= 4 is 23.1 Å². The summed E-state index contributed by atoms with van der Waals surface area (Å²) in [7, 11) is 0. The van der Waals surface area contributed by atoms with Gasteiger partial charge in [-0.25, -0.2) is 9.97 Å². The maximum Gasteiger partial charge on any atom is 0.175 e. The third kappa shape index (κ3) is 3.53. The van der Waals surface area contributed by atoms with Gasteiger partial charge in [-0.2, -0.15) is 0 Å². The first-order valence-corrected chi connectivity index (χ1v) is 7.81. The van der Waals surface area contributed by atoms with Crippen LogP contribution in [0.15, 0.2) is 28.8 Å². The Balaban J connectivity index is 1.89. The van der Waals surface area contributed by atoms with Crippen molar-refractivity contribution in [2.45, 2.75) is 34.6 Å². The first kappa shape index (κ1) is 16.0. The number of anilines is 4. The van der Waals surface area contributed by atoms with Crippen molar-refractivity contribution < 1.29 is 4.52 Å². The second kappa shape index (κ2) is 6.31. The maximum atomic E-state index is 5.06. The van der Waals surface area contributed by atoms with Gasteiger partial charge in [0.15, 0.2) is 5.82 Å². The van der Waals surface area contributed by atoms with E-state index in [1.165, 1.54) is 16.7 Å². The molecule has 3 aromatic rings. The predicted molar refractivity (Wildman–Crippen MR) is 95.2 cm³/mol. The lowest BCUT2D eigenvalue weighted by Gasteiger charge is -2.14. The van der Waals surface area contributed by atoms with E-state index in [1.807, 2.05) is 26.0 Å². The van der Waals surface area contributed by atoms with Crippen molar-refractivity contribution in [1.82, 2.24) is 15.1 Å². The Morgan fingerprint density at radius 1 is 0.750 bits per heavy atom. The summed E-state index contributed by atoms with van der Waals surface area (Å²) in [5.74, 6) is 3.44. The topological polar surface area (TPSA) is 75.9 Å². The molecule has 0 aliphatic carbocycles. The van der Waals surface area contributed by atoms with Crippen LogP contribution in [0.5, 0.6) is 0 Å². The molecule has 0 fully saturated rings. The molecule has 0 amide bonds. The zero-order valence-electron chi connectivity index (χ0n) is 14.6. The zero-order chi connectivity index (χ0) is 17.3. The smallest absolute Gasteiger partial charge is 0.175 e. The van der Waals surface area contributed by atoms with E-state index in [1.54, 1.807) is 0 Å². The molecular formula is C18H21N5O. The maximum absolute atomic E-state index is 5.06. The monoisotopic (exact) mass is 323 g/mol. The summed E-state index contributed by atoms with van der Waals surface area (Å²) in [5, 5.41) is 10.5. The number of hydrogen-bond donors (Lipinski definition) is 2. The average Bonchev–Trinajstić information content (AvgIpc) is 2.87. The molecule has 0 radical (unpaired) electrons. The average molecular weight is 323 g/mol. The Kier molecular flexibility index (Phi) is 4.20. The SMILES string of the molecule is Cc1cc(C)c(Nc2cc(Nc3cc(C)on3)nc(C)n2)c(C)c1. The second-order valence-corrected chi connectivity index (χ2v) is 6.03. The van der Waals surface area contributed by atoms with E-state index >= 15 is 0 Å². The van der Waals surface area contributed by atoms with Crippen LogP contribution in [0.4, 0.5) is 23.1 Å². The molecular weight excluding hydrogens is 302 g/mol. The summed E-state index contributed by atoms with van der Waals surface area (Å²) in [6.07, 6.45) is 0. The molecule has 0 saturated heterocycles. The fraction of sp³-hybridized carbons (Fsp3) is 0.278. The number of hydrogen-bond acceptors (Lipinski definition) is 6. The van der Waals surface area contributed by atoms with Crippen LogP contribution in [-0.2, 0) is 0 Å². The quantitative estimate of drug-likeness (QED) is 0.736. The van der Waals surface area contributed by atoms with E-state index in [2.05, 4.69) is 58.7 Å². The van der Waals surface area contributed by atoms with E-state index in [-0.39, 0.29) is 0 Å². The number of nitrogens with one attached hydrogen (secondary N) is 2. The highest BCUT2D eigenvalue weighted by molar-refractivity contribution is 5.67. The molecule has 2 N–H and O–H groups in total. The van der Waals surface area contributed by atoms with Gasteiger partial charge in [0, 0.05) is 17.8 Å². The number of nitrogens with zero attached hydrogens (tertiary/aromatic N) is 3. The van der Waals surface area contributed by atoms with E-state index in [9.17, 15) is 0 Å². The van der Waals surface area contributed by atoms with Gasteiger partial charge in [-0.05, 0) is 45.7 Å². The summed E-state index contributed by atoms with van der Waals surface area (Å²) in [6.45, 7) is 9.99. The van der Waals surface area contributed by atoms with Gasteiger partial charge in [-0.15, -0.1) is 0 Å². The molecule has 0 aliphatic heterocycles. The molecule has 6 nitrogen and oxygen atoms in total. The Morgan fingerprint density at radius 3 is 1.96 bits per heavy atom. The number of aromatic nitrogens is 3. The molecule has 0 unspecified atom stereocenters. The predicted octanol–water partition coefficient (Wildman–Crippen LogP) is 4.49. The second-order valence-electron chi connectivity index (χ2n) is 6.03. The standard InChI is InChI=1S/C18H21N5O/c1-10-6-11(2)18(12(3)7-10)22-16-9-15(19-14(5)20-16)21-17-8-13(4)24-23-17/h6-9H,1-5H3,(H2,19,20,21,22,23). The van der Waals surface area contributed by atoms with Crippen LogP contribution in [0.3, 0.4) is 0 Å². The van der Waals surface area contributed by atoms with Gasteiger partial charge < -0.3 is 15.2 Å². The zero-order valence-corrected chi connectivity index (χ0v) is 14.6. The minimum Gasteiger partial charge on any atom is -0.360 e. The largest absolute Gasteiger partial charge is 0.360 e. The summed E-state index contributed by atoms with van der Waals surface area (Å²) in [5.41, 5.74) is 4.69. The molecule has 0 spiro atoms. The van der Waals surface area contributed by atoms with Gasteiger partial charge in [0.05, 0.1) is 0 Å². The van der Waals surface area contributed by atoms with Gasteiger partial charge >= 0.3 is 0 Å². The molecule has 0 saturated carbocycles. The fourth-order valence-corrected chi connectivity index (χ4v) is 2.76. The first-order valence-electron chi connectivity index (χ1n) is 7.81. The van der Waals surface area contributed by atoms with E-state index in [0.29, 0.717) is 17.5 Å². The lowest BCUT2D eigenvalue weighted by atomic mass is 10.1. The van der Waals surface area contributed by atoms with E-state index in [0.717, 1.165) is 17.3 Å². The molecule has 6 heteroatoms. The molecule has 2 aromatic heterocycles. The van der Waals surface area contributed by atoms with Crippen LogP contribution >= 0.6 is 0 Å². The molecule has 124 valence electrons. The van der Waals surface area contributed by atoms with Gasteiger partial charge in [0.25, 0.3) is 0 Å². The van der Waals surface area contributed by atoms with Crippen LogP contribution in [0, 0.1) is 34.6 Å². The molecule has 0 aliphatic rings. The van der Waals surface area contributed by atoms with Gasteiger partial charge in [-0.3, -0.25) is 0 Å². The minimum absolute atomic E-state index is 0.624. The Labute approximate surface area is 141 Å². The number of rotatable bonds is 4. The first-order chi connectivity index (χ1) is 11.4. The van der Waals surface area contributed by atoms with Crippen molar-refractivity contribution in [2.24, 2.45) is 0 Å². The van der Waals surface area contributed by atoms with Gasteiger partial charge in [0.2, 0.25) is 0 Å². The lowest BCUT2D eigenvalue weighted by molar-refractivity contribution is 0.400. The van der Waals surface area contributed by atoms with Crippen LogP contribution in [-0.4, -0.2) is 15.1 Å². The fourth-order valence-electron chi connectivity index (χ4n) is 2.76. The normalized spacial score (nSPS) is 10.7. The number of aryl methyl sites for hydroxylation is 5. The van der Waals surface area contributed by atoms with Crippen LogP contribution < -0.4 is 10.6 Å². The molecule has 2 heterocycles. The molecule has 0 bridgehead atoms. The highest BCUT2D eigenvalue weighted by Gasteiger charge is 2.09. The highest BCUT2D eigenvalue weighted by atomic mass is 16.5. The molecule has 0 atom stereocenters. The van der Waals surface area contributed by atoms with Crippen molar-refractivity contribution in [3.05, 3.63) is 52.5 Å². The molecule has 3 rings (SSSR count). The molecule has 1 aromatic carbocycles. The van der Waals surface area contributed by atoms with Crippen LogP contribution in [0.2, 0.25) is 0 Å². The van der Waals surface area contributed by atoms with E-state index in [4.69, 9.17) is 4.52 Å². The summed E-state index contributed by atoms with van der Waals surface area (Å²) >= 11 is 0. The summed E-state index contributed by atoms with van der Waals surface area (Å²) in [4.78, 5) is 8.87.